The molecule has 1 fully saturated rings. The van der Waals surface area contributed by atoms with E-state index in [0.29, 0.717) is 0 Å². The third-order valence-electron chi connectivity index (χ3n) is 2.71. The minimum absolute atomic E-state index is 0.0409. The first-order valence-electron chi connectivity index (χ1n) is 5.31. The molecule has 5 nitrogen and oxygen atoms in total. The van der Waals surface area contributed by atoms with E-state index in [4.69, 9.17) is 0 Å². The Kier molecular flexibility index (Phi) is 3.01. The topological polar surface area (TPSA) is 69.8 Å². The van der Waals surface area contributed by atoms with Crippen LogP contribution in [0.3, 0.4) is 0 Å². The second-order valence-corrected chi connectivity index (χ2v) is 3.90. The van der Waals surface area contributed by atoms with Crippen molar-refractivity contribution < 1.29 is 4.79 Å². The van der Waals surface area contributed by atoms with Crippen LogP contribution in [0.1, 0.15) is 25.0 Å². The standard InChI is InChI=1S/C10H16N4O/c1-7-9(6-12-14-7)13-10(15)8-4-2-3-5-11-8/h6,8,11H,2-5H2,1H3,(H,12,14)(H,13,15). The van der Waals surface area contributed by atoms with Gasteiger partial charge < -0.3 is 10.6 Å². The number of carbonyl (C=O) groups is 1. The van der Waals surface area contributed by atoms with Crippen LogP contribution in [0.25, 0.3) is 0 Å². The molecule has 1 atom stereocenters. The lowest BCUT2D eigenvalue weighted by Gasteiger charge is -2.22. The van der Waals surface area contributed by atoms with Gasteiger partial charge in [-0.1, -0.05) is 6.42 Å². The summed E-state index contributed by atoms with van der Waals surface area (Å²) in [5, 5.41) is 12.7. The zero-order chi connectivity index (χ0) is 10.7. The van der Waals surface area contributed by atoms with Gasteiger partial charge in [-0.2, -0.15) is 5.10 Å². The minimum Gasteiger partial charge on any atom is -0.322 e. The van der Waals surface area contributed by atoms with Crippen molar-refractivity contribution >= 4 is 11.6 Å². The number of nitrogens with zero attached hydrogens (tertiary/aromatic N) is 1. The molecule has 82 valence electrons. The highest BCUT2D eigenvalue weighted by Gasteiger charge is 2.20. The molecule has 2 rings (SSSR count). The maximum Gasteiger partial charge on any atom is 0.241 e. The van der Waals surface area contributed by atoms with Crippen molar-refractivity contribution in [2.75, 3.05) is 11.9 Å². The number of carbonyl (C=O) groups excluding carboxylic acids is 1. The lowest BCUT2D eigenvalue weighted by molar-refractivity contribution is -0.118. The van der Waals surface area contributed by atoms with E-state index in [9.17, 15) is 4.79 Å². The number of rotatable bonds is 2. The van der Waals surface area contributed by atoms with Crippen molar-refractivity contribution in [3.05, 3.63) is 11.9 Å². The summed E-state index contributed by atoms with van der Waals surface area (Å²) in [6.45, 7) is 2.82. The Bertz CT molecular complexity index is 341. The number of hydrogen-bond acceptors (Lipinski definition) is 3. The van der Waals surface area contributed by atoms with Gasteiger partial charge >= 0.3 is 0 Å². The summed E-state index contributed by atoms with van der Waals surface area (Å²) in [6.07, 6.45) is 4.84. The van der Waals surface area contributed by atoms with Crippen molar-refractivity contribution in [3.63, 3.8) is 0 Å². The fourth-order valence-electron chi connectivity index (χ4n) is 1.77. The van der Waals surface area contributed by atoms with Crippen LogP contribution in [-0.4, -0.2) is 28.7 Å². The quantitative estimate of drug-likeness (QED) is 0.673. The van der Waals surface area contributed by atoms with Crippen molar-refractivity contribution in [1.29, 1.82) is 0 Å². The SMILES string of the molecule is Cc1[nH]ncc1NC(=O)C1CCCCN1. The molecule has 2 heterocycles. The van der Waals surface area contributed by atoms with E-state index < -0.39 is 0 Å². The monoisotopic (exact) mass is 208 g/mol. The summed E-state index contributed by atoms with van der Waals surface area (Å²) >= 11 is 0. The number of H-pyrrole nitrogens is 1. The minimum atomic E-state index is -0.0481. The molecule has 5 heteroatoms. The molecular formula is C10H16N4O. The van der Waals surface area contributed by atoms with E-state index >= 15 is 0 Å². The van der Waals surface area contributed by atoms with Crippen LogP contribution in [0.2, 0.25) is 0 Å². The summed E-state index contributed by atoms with van der Waals surface area (Å²) in [5.74, 6) is 0.0409. The van der Waals surface area contributed by atoms with Crippen LogP contribution in [-0.2, 0) is 4.79 Å². The zero-order valence-corrected chi connectivity index (χ0v) is 8.84. The van der Waals surface area contributed by atoms with Gasteiger partial charge in [-0.05, 0) is 26.3 Å². The van der Waals surface area contributed by atoms with E-state index in [1.165, 1.54) is 0 Å². The molecule has 1 aliphatic heterocycles. The molecule has 3 N–H and O–H groups in total. The number of aromatic amines is 1. The highest BCUT2D eigenvalue weighted by atomic mass is 16.2. The van der Waals surface area contributed by atoms with Gasteiger partial charge in [0.15, 0.2) is 0 Å². The summed E-state index contributed by atoms with van der Waals surface area (Å²) in [7, 11) is 0. The van der Waals surface area contributed by atoms with E-state index in [-0.39, 0.29) is 11.9 Å². The Morgan fingerprint density at radius 3 is 3.07 bits per heavy atom. The fraction of sp³-hybridized carbons (Fsp3) is 0.600. The number of hydrogen-bond donors (Lipinski definition) is 3. The Hall–Kier alpha value is -1.36. The number of aromatic nitrogens is 2. The fourth-order valence-corrected chi connectivity index (χ4v) is 1.77. The molecule has 1 aromatic rings. The first-order chi connectivity index (χ1) is 7.27. The molecule has 15 heavy (non-hydrogen) atoms. The number of aryl methyl sites for hydroxylation is 1. The van der Waals surface area contributed by atoms with Gasteiger partial charge in [0.05, 0.1) is 23.6 Å². The van der Waals surface area contributed by atoms with Crippen LogP contribution in [0.5, 0.6) is 0 Å². The Labute approximate surface area is 88.6 Å². The zero-order valence-electron chi connectivity index (χ0n) is 8.84. The summed E-state index contributed by atoms with van der Waals surface area (Å²) in [6, 6.07) is -0.0481. The van der Waals surface area contributed by atoms with Crippen LogP contribution in [0, 0.1) is 6.92 Å². The summed E-state index contributed by atoms with van der Waals surface area (Å²) in [4.78, 5) is 11.8. The molecule has 0 radical (unpaired) electrons. The van der Waals surface area contributed by atoms with Gasteiger partial charge in [-0.15, -0.1) is 0 Å². The Morgan fingerprint density at radius 1 is 1.60 bits per heavy atom. The van der Waals surface area contributed by atoms with Crippen molar-refractivity contribution in [1.82, 2.24) is 15.5 Å². The Morgan fingerprint density at radius 2 is 2.47 bits per heavy atom. The highest BCUT2D eigenvalue weighted by Crippen LogP contribution is 2.12. The molecule has 1 amide bonds. The first-order valence-corrected chi connectivity index (χ1v) is 5.31. The normalized spacial score (nSPS) is 21.3. The summed E-state index contributed by atoms with van der Waals surface area (Å²) in [5.41, 5.74) is 1.66. The van der Waals surface area contributed by atoms with Gasteiger partial charge in [0.2, 0.25) is 5.91 Å². The number of anilines is 1. The van der Waals surface area contributed by atoms with Crippen molar-refractivity contribution in [2.24, 2.45) is 0 Å². The molecule has 0 bridgehead atoms. The molecule has 1 unspecified atom stereocenters. The first kappa shape index (κ1) is 10.2. The molecule has 1 aliphatic rings. The molecule has 0 spiro atoms. The van der Waals surface area contributed by atoms with E-state index in [0.717, 1.165) is 37.2 Å². The highest BCUT2D eigenvalue weighted by molar-refractivity contribution is 5.95. The van der Waals surface area contributed by atoms with Crippen molar-refractivity contribution in [2.45, 2.75) is 32.2 Å². The van der Waals surface area contributed by atoms with Gasteiger partial charge in [0, 0.05) is 0 Å². The van der Waals surface area contributed by atoms with E-state index in [1.54, 1.807) is 6.20 Å². The van der Waals surface area contributed by atoms with Crippen LogP contribution >= 0.6 is 0 Å². The molecule has 0 aliphatic carbocycles. The van der Waals surface area contributed by atoms with Gasteiger partial charge in [-0.25, -0.2) is 0 Å². The second-order valence-electron chi connectivity index (χ2n) is 3.90. The van der Waals surface area contributed by atoms with E-state index in [1.807, 2.05) is 6.92 Å². The molecule has 0 saturated carbocycles. The Balaban J connectivity index is 1.94. The van der Waals surface area contributed by atoms with Gasteiger partial charge in [0.25, 0.3) is 0 Å². The maximum atomic E-state index is 11.8. The number of piperidine rings is 1. The van der Waals surface area contributed by atoms with Crippen LogP contribution < -0.4 is 10.6 Å². The van der Waals surface area contributed by atoms with Gasteiger partial charge in [0.1, 0.15) is 0 Å². The lowest BCUT2D eigenvalue weighted by Crippen LogP contribution is -2.43. The molecule has 1 saturated heterocycles. The molecule has 0 aromatic carbocycles. The lowest BCUT2D eigenvalue weighted by atomic mass is 10.0. The smallest absolute Gasteiger partial charge is 0.241 e. The van der Waals surface area contributed by atoms with Crippen LogP contribution in [0.15, 0.2) is 6.20 Å². The predicted molar refractivity (Wildman–Crippen MR) is 57.6 cm³/mol. The third-order valence-corrected chi connectivity index (χ3v) is 2.71. The third kappa shape index (κ3) is 2.36. The van der Waals surface area contributed by atoms with Crippen LogP contribution in [0.4, 0.5) is 5.69 Å². The molecular weight excluding hydrogens is 192 g/mol. The van der Waals surface area contributed by atoms with Gasteiger partial charge in [-0.3, -0.25) is 9.89 Å². The molecule has 1 aromatic heterocycles. The van der Waals surface area contributed by atoms with Crippen molar-refractivity contribution in [3.8, 4) is 0 Å². The maximum absolute atomic E-state index is 11.8. The predicted octanol–water partition coefficient (Wildman–Crippen LogP) is 0.799. The number of nitrogens with one attached hydrogen (secondary N) is 3. The average molecular weight is 208 g/mol. The van der Waals surface area contributed by atoms with E-state index in [2.05, 4.69) is 20.8 Å². The number of amides is 1. The second kappa shape index (κ2) is 4.44. The average Bonchev–Trinajstić information content (AvgIpc) is 2.66. The summed E-state index contributed by atoms with van der Waals surface area (Å²) < 4.78 is 0. The largest absolute Gasteiger partial charge is 0.322 e.